The van der Waals surface area contributed by atoms with Gasteiger partial charge in [-0.25, -0.2) is 4.98 Å². The number of hydrogen-bond donors (Lipinski definition) is 3. The van der Waals surface area contributed by atoms with Crippen LogP contribution in [0.15, 0.2) is 29.3 Å². The molecule has 0 unspecified atom stereocenters. The van der Waals surface area contributed by atoms with Crippen molar-refractivity contribution < 1.29 is 4.79 Å². The van der Waals surface area contributed by atoms with Crippen LogP contribution in [0.4, 0.5) is 0 Å². The van der Waals surface area contributed by atoms with E-state index in [0.717, 1.165) is 22.2 Å². The number of guanidine groups is 1. The van der Waals surface area contributed by atoms with E-state index < -0.39 is 0 Å². The van der Waals surface area contributed by atoms with Crippen LogP contribution in [-0.2, 0) is 13.1 Å². The number of benzene rings is 1. The maximum atomic E-state index is 11.8. The van der Waals surface area contributed by atoms with E-state index in [1.54, 1.807) is 18.4 Å². The average molecular weight is 359 g/mol. The Kier molecular flexibility index (Phi) is 6.94. The van der Waals surface area contributed by atoms with E-state index in [-0.39, 0.29) is 5.91 Å². The van der Waals surface area contributed by atoms with Gasteiger partial charge >= 0.3 is 0 Å². The predicted molar refractivity (Wildman–Crippen MR) is 103 cm³/mol. The Bertz CT molecular complexity index is 736. The molecule has 0 bridgehead atoms. The number of nitrogens with zero attached hydrogens (tertiary/aromatic N) is 2. The molecule has 2 rings (SSSR count). The summed E-state index contributed by atoms with van der Waals surface area (Å²) in [5.74, 6) is 0.688. The Morgan fingerprint density at radius 2 is 1.80 bits per heavy atom. The summed E-state index contributed by atoms with van der Waals surface area (Å²) in [5.41, 5.74) is 2.82. The number of aliphatic imine (C=N–C) groups is 1. The van der Waals surface area contributed by atoms with Gasteiger partial charge < -0.3 is 16.0 Å². The second-order valence-electron chi connectivity index (χ2n) is 5.58. The van der Waals surface area contributed by atoms with E-state index in [4.69, 9.17) is 0 Å². The van der Waals surface area contributed by atoms with Gasteiger partial charge in [-0.2, -0.15) is 0 Å². The van der Waals surface area contributed by atoms with Crippen LogP contribution < -0.4 is 16.0 Å². The first-order valence-electron chi connectivity index (χ1n) is 8.28. The Hall–Kier alpha value is -2.41. The highest BCUT2D eigenvalue weighted by molar-refractivity contribution is 7.11. The number of carbonyl (C=O) groups excluding carboxylic acids is 1. The highest BCUT2D eigenvalue weighted by Gasteiger charge is 2.07. The van der Waals surface area contributed by atoms with Crippen LogP contribution in [0, 0.1) is 13.8 Å². The van der Waals surface area contributed by atoms with Crippen LogP contribution in [0.2, 0.25) is 0 Å². The van der Waals surface area contributed by atoms with Crippen molar-refractivity contribution in [1.29, 1.82) is 0 Å². The molecule has 0 saturated heterocycles. The van der Waals surface area contributed by atoms with E-state index in [1.807, 2.05) is 45.0 Å². The maximum absolute atomic E-state index is 11.8. The van der Waals surface area contributed by atoms with Crippen LogP contribution in [0.5, 0.6) is 0 Å². The van der Waals surface area contributed by atoms with Crippen LogP contribution in [0.3, 0.4) is 0 Å². The lowest BCUT2D eigenvalue weighted by Gasteiger charge is -2.12. The minimum atomic E-state index is -0.0466. The van der Waals surface area contributed by atoms with Gasteiger partial charge in [-0.1, -0.05) is 12.1 Å². The molecule has 6 nitrogen and oxygen atoms in total. The molecule has 0 aliphatic heterocycles. The Morgan fingerprint density at radius 1 is 1.12 bits per heavy atom. The molecule has 134 valence electrons. The predicted octanol–water partition coefficient (Wildman–Crippen LogP) is 2.37. The van der Waals surface area contributed by atoms with Gasteiger partial charge in [0.15, 0.2) is 5.96 Å². The molecular formula is C18H25N5OS. The van der Waals surface area contributed by atoms with Crippen LogP contribution in [0.25, 0.3) is 0 Å². The fraction of sp³-hybridized carbons (Fsp3) is 0.389. The first kappa shape index (κ1) is 18.9. The normalized spacial score (nSPS) is 11.3. The third kappa shape index (κ3) is 5.56. The molecule has 0 fully saturated rings. The largest absolute Gasteiger partial charge is 0.352 e. The third-order valence-electron chi connectivity index (χ3n) is 3.65. The molecule has 1 aromatic carbocycles. The lowest BCUT2D eigenvalue weighted by Crippen LogP contribution is -2.36. The minimum absolute atomic E-state index is 0.0466. The minimum Gasteiger partial charge on any atom is -0.352 e. The van der Waals surface area contributed by atoms with Crippen molar-refractivity contribution >= 4 is 23.2 Å². The van der Waals surface area contributed by atoms with Gasteiger partial charge in [0.05, 0.1) is 17.2 Å². The van der Waals surface area contributed by atoms with Crippen molar-refractivity contribution in [2.45, 2.75) is 33.9 Å². The summed E-state index contributed by atoms with van der Waals surface area (Å²) in [5, 5.41) is 10.4. The summed E-state index contributed by atoms with van der Waals surface area (Å²) in [6, 6.07) is 7.56. The molecule has 2 aromatic rings. The van der Waals surface area contributed by atoms with Crippen molar-refractivity contribution in [3.05, 3.63) is 51.0 Å². The lowest BCUT2D eigenvalue weighted by molar-refractivity contribution is 0.0956. The number of thiazole rings is 1. The summed E-state index contributed by atoms with van der Waals surface area (Å²) >= 11 is 1.70. The Labute approximate surface area is 152 Å². The number of rotatable bonds is 6. The number of hydrogen-bond acceptors (Lipinski definition) is 4. The second-order valence-corrected chi connectivity index (χ2v) is 6.86. The zero-order valence-electron chi connectivity index (χ0n) is 15.1. The number of nitrogens with one attached hydrogen (secondary N) is 3. The first-order chi connectivity index (χ1) is 12.0. The molecule has 25 heavy (non-hydrogen) atoms. The molecule has 1 aromatic heterocycles. The van der Waals surface area contributed by atoms with Gasteiger partial charge in [0.2, 0.25) is 0 Å². The molecule has 3 N–H and O–H groups in total. The van der Waals surface area contributed by atoms with Gasteiger partial charge in [0.25, 0.3) is 5.91 Å². The van der Waals surface area contributed by atoms with Crippen LogP contribution in [0.1, 0.15) is 38.4 Å². The van der Waals surface area contributed by atoms with Crippen molar-refractivity contribution in [1.82, 2.24) is 20.9 Å². The third-order valence-corrected chi connectivity index (χ3v) is 4.73. The first-order valence-corrected chi connectivity index (χ1v) is 9.09. The van der Waals surface area contributed by atoms with E-state index in [2.05, 4.69) is 25.9 Å². The molecule has 0 radical (unpaired) electrons. The Balaban J connectivity index is 1.86. The Morgan fingerprint density at radius 3 is 2.36 bits per heavy atom. The fourth-order valence-electron chi connectivity index (χ4n) is 2.34. The highest BCUT2D eigenvalue weighted by Crippen LogP contribution is 2.16. The van der Waals surface area contributed by atoms with Crippen molar-refractivity contribution in [3.8, 4) is 0 Å². The van der Waals surface area contributed by atoms with E-state index >= 15 is 0 Å². The molecule has 0 aliphatic rings. The fourth-order valence-corrected chi connectivity index (χ4v) is 3.22. The monoisotopic (exact) mass is 359 g/mol. The summed E-state index contributed by atoms with van der Waals surface area (Å²) in [6.07, 6.45) is 0. The van der Waals surface area contributed by atoms with Gasteiger partial charge in [-0.15, -0.1) is 11.3 Å². The summed E-state index contributed by atoms with van der Waals surface area (Å²) in [6.45, 7) is 7.90. The lowest BCUT2D eigenvalue weighted by atomic mass is 10.1. The van der Waals surface area contributed by atoms with Gasteiger partial charge in [0.1, 0.15) is 0 Å². The summed E-state index contributed by atoms with van der Waals surface area (Å²) < 4.78 is 0. The van der Waals surface area contributed by atoms with E-state index in [1.165, 1.54) is 4.88 Å². The summed E-state index contributed by atoms with van der Waals surface area (Å²) in [4.78, 5) is 21.6. The molecule has 7 heteroatoms. The smallest absolute Gasteiger partial charge is 0.251 e. The molecular weight excluding hydrogens is 334 g/mol. The average Bonchev–Trinajstić information content (AvgIpc) is 2.93. The van der Waals surface area contributed by atoms with Gasteiger partial charge in [-0.05, 0) is 38.5 Å². The number of aromatic nitrogens is 1. The van der Waals surface area contributed by atoms with Crippen molar-refractivity contribution in [2.24, 2.45) is 4.99 Å². The van der Waals surface area contributed by atoms with Gasteiger partial charge in [0, 0.05) is 30.6 Å². The summed E-state index contributed by atoms with van der Waals surface area (Å²) in [7, 11) is 1.75. The second kappa shape index (κ2) is 9.17. The van der Waals surface area contributed by atoms with Crippen molar-refractivity contribution in [3.63, 3.8) is 0 Å². The quantitative estimate of drug-likeness (QED) is 0.547. The molecule has 0 aliphatic carbocycles. The number of carbonyl (C=O) groups is 1. The number of amides is 1. The number of aryl methyl sites for hydroxylation is 2. The highest BCUT2D eigenvalue weighted by atomic mass is 32.1. The van der Waals surface area contributed by atoms with Crippen LogP contribution in [-0.4, -0.2) is 30.4 Å². The van der Waals surface area contributed by atoms with Crippen LogP contribution >= 0.6 is 11.3 Å². The SMILES string of the molecule is CCNC(=O)c1ccc(CNC(=NC)NCc2sc(C)nc2C)cc1. The maximum Gasteiger partial charge on any atom is 0.251 e. The molecule has 1 amide bonds. The van der Waals surface area contributed by atoms with E-state index in [9.17, 15) is 4.79 Å². The van der Waals surface area contributed by atoms with E-state index in [0.29, 0.717) is 25.2 Å². The van der Waals surface area contributed by atoms with Crippen molar-refractivity contribution in [2.75, 3.05) is 13.6 Å². The molecule has 0 atom stereocenters. The standard InChI is InChI=1S/C18H25N5OS/c1-5-20-17(24)15-8-6-14(7-9-15)10-21-18(19-4)22-11-16-12(2)23-13(3)25-16/h6-9H,5,10-11H2,1-4H3,(H,20,24)(H2,19,21,22). The molecule has 0 saturated carbocycles. The zero-order valence-corrected chi connectivity index (χ0v) is 16.0. The molecule has 0 spiro atoms. The zero-order chi connectivity index (χ0) is 18.2. The molecule has 1 heterocycles. The van der Waals surface area contributed by atoms with Gasteiger partial charge in [-0.3, -0.25) is 9.79 Å². The topological polar surface area (TPSA) is 78.4 Å².